The van der Waals surface area contributed by atoms with E-state index < -0.39 is 10.0 Å². The Morgan fingerprint density at radius 3 is 2.58 bits per heavy atom. The number of rotatable bonds is 7. The topological polar surface area (TPSA) is 101 Å². The molecule has 2 aromatic rings. The molecule has 33 heavy (non-hydrogen) atoms. The van der Waals surface area contributed by atoms with Crippen LogP contribution in [-0.4, -0.2) is 76.2 Å². The van der Waals surface area contributed by atoms with E-state index in [0.29, 0.717) is 38.4 Å². The van der Waals surface area contributed by atoms with Crippen LogP contribution in [0, 0.1) is 0 Å². The Balaban J connectivity index is 1.61. The Bertz CT molecular complexity index is 1130. The van der Waals surface area contributed by atoms with E-state index in [1.807, 2.05) is 30.3 Å². The first-order valence-corrected chi connectivity index (χ1v) is 12.6. The average Bonchev–Trinajstić information content (AvgIpc) is 3.25. The van der Waals surface area contributed by atoms with Crippen molar-refractivity contribution in [3.8, 4) is 5.75 Å². The van der Waals surface area contributed by atoms with Crippen LogP contribution in [0.5, 0.6) is 5.75 Å². The number of benzene rings is 2. The minimum absolute atomic E-state index is 0.0851. The molecule has 176 valence electrons. The Labute approximate surface area is 194 Å². The van der Waals surface area contributed by atoms with Crippen molar-refractivity contribution < 1.29 is 22.7 Å². The van der Waals surface area contributed by atoms with Crippen molar-refractivity contribution in [1.82, 2.24) is 9.91 Å². The van der Waals surface area contributed by atoms with Gasteiger partial charge < -0.3 is 9.47 Å². The second-order valence-electron chi connectivity index (χ2n) is 8.12. The number of hydrogen-bond donors (Lipinski definition) is 1. The van der Waals surface area contributed by atoms with Crippen molar-refractivity contribution in [2.75, 3.05) is 50.9 Å². The number of sulfonamides is 1. The summed E-state index contributed by atoms with van der Waals surface area (Å²) in [6.07, 6.45) is 1.63. The van der Waals surface area contributed by atoms with Gasteiger partial charge in [0.1, 0.15) is 5.75 Å². The zero-order valence-electron chi connectivity index (χ0n) is 18.7. The first-order valence-electron chi connectivity index (χ1n) is 10.7. The van der Waals surface area contributed by atoms with Crippen molar-refractivity contribution >= 4 is 27.3 Å². The lowest BCUT2D eigenvalue weighted by atomic mass is 9.98. The van der Waals surface area contributed by atoms with Gasteiger partial charge in [0.15, 0.2) is 0 Å². The van der Waals surface area contributed by atoms with E-state index >= 15 is 0 Å². The Hall–Kier alpha value is -2.95. The number of nitrogens with zero attached hydrogens (tertiary/aromatic N) is 3. The van der Waals surface area contributed by atoms with Gasteiger partial charge in [0.05, 0.1) is 44.9 Å². The maximum atomic E-state index is 13.3. The molecule has 1 atom stereocenters. The fraction of sp³-hybridized carbons (Fsp3) is 0.391. The van der Waals surface area contributed by atoms with Gasteiger partial charge in [-0.3, -0.25) is 14.4 Å². The van der Waals surface area contributed by atoms with Gasteiger partial charge in [0.2, 0.25) is 10.0 Å². The number of ether oxygens (including phenoxy) is 2. The molecule has 4 rings (SSSR count). The largest absolute Gasteiger partial charge is 0.497 e. The quantitative estimate of drug-likeness (QED) is 0.662. The first-order chi connectivity index (χ1) is 15.8. The minimum atomic E-state index is -3.40. The summed E-state index contributed by atoms with van der Waals surface area (Å²) in [4.78, 5) is 15.3. The summed E-state index contributed by atoms with van der Waals surface area (Å²) in [7, 11) is -1.79. The summed E-state index contributed by atoms with van der Waals surface area (Å²) >= 11 is 0. The predicted octanol–water partition coefficient (Wildman–Crippen LogP) is 2.08. The molecule has 2 aliphatic rings. The van der Waals surface area contributed by atoms with E-state index in [1.54, 1.807) is 30.3 Å². The third-order valence-electron chi connectivity index (χ3n) is 5.63. The fourth-order valence-electron chi connectivity index (χ4n) is 4.00. The average molecular weight is 473 g/mol. The molecule has 2 aliphatic heterocycles. The molecular weight excluding hydrogens is 444 g/mol. The van der Waals surface area contributed by atoms with Gasteiger partial charge in [-0.1, -0.05) is 24.3 Å². The second kappa shape index (κ2) is 9.90. The Kier molecular flexibility index (Phi) is 6.96. The smallest absolute Gasteiger partial charge is 0.257 e. The van der Waals surface area contributed by atoms with Crippen molar-refractivity contribution in [2.24, 2.45) is 5.10 Å². The highest BCUT2D eigenvalue weighted by Crippen LogP contribution is 2.34. The van der Waals surface area contributed by atoms with Gasteiger partial charge in [0.25, 0.3) is 5.91 Å². The number of morpholine rings is 1. The van der Waals surface area contributed by atoms with E-state index in [1.165, 1.54) is 0 Å². The van der Waals surface area contributed by atoms with E-state index in [0.717, 1.165) is 28.8 Å². The van der Waals surface area contributed by atoms with Crippen LogP contribution in [0.4, 0.5) is 5.69 Å². The van der Waals surface area contributed by atoms with Gasteiger partial charge in [-0.25, -0.2) is 13.4 Å². The first kappa shape index (κ1) is 23.2. The number of carbonyl (C=O) groups is 1. The molecule has 9 nitrogen and oxygen atoms in total. The fourth-order valence-corrected chi connectivity index (χ4v) is 4.55. The SMILES string of the molecule is COc1ccc(C2CC(c3cccc(NS(C)(=O)=O)c3)=NN2C(=O)CN2CCOCC2)cc1. The lowest BCUT2D eigenvalue weighted by molar-refractivity contribution is -0.135. The highest BCUT2D eigenvalue weighted by Gasteiger charge is 2.34. The van der Waals surface area contributed by atoms with Gasteiger partial charge in [-0.2, -0.15) is 5.10 Å². The molecular formula is C23H28N4O5S. The lowest BCUT2D eigenvalue weighted by Crippen LogP contribution is -2.43. The van der Waals surface area contributed by atoms with Crippen molar-refractivity contribution in [3.63, 3.8) is 0 Å². The zero-order valence-corrected chi connectivity index (χ0v) is 19.5. The molecule has 0 radical (unpaired) electrons. The second-order valence-corrected chi connectivity index (χ2v) is 9.87. The third-order valence-corrected chi connectivity index (χ3v) is 6.23. The van der Waals surface area contributed by atoms with Crippen LogP contribution in [0.25, 0.3) is 0 Å². The number of methoxy groups -OCH3 is 1. The molecule has 1 N–H and O–H groups in total. The summed E-state index contributed by atoms with van der Waals surface area (Å²) in [6.45, 7) is 2.92. The van der Waals surface area contributed by atoms with E-state index in [2.05, 4.69) is 9.62 Å². The molecule has 2 aromatic carbocycles. The molecule has 1 amide bonds. The van der Waals surface area contributed by atoms with Crippen LogP contribution < -0.4 is 9.46 Å². The summed E-state index contributed by atoms with van der Waals surface area (Å²) in [5.41, 5.74) is 2.90. The highest BCUT2D eigenvalue weighted by atomic mass is 32.2. The van der Waals surface area contributed by atoms with Gasteiger partial charge in [-0.15, -0.1) is 0 Å². The molecule has 0 bridgehead atoms. The van der Waals surface area contributed by atoms with Gasteiger partial charge in [0, 0.05) is 25.2 Å². The number of hydrogen-bond acceptors (Lipinski definition) is 7. The van der Waals surface area contributed by atoms with Crippen LogP contribution in [0.15, 0.2) is 53.6 Å². The molecule has 1 fully saturated rings. The number of amides is 1. The van der Waals surface area contributed by atoms with E-state index in [4.69, 9.17) is 14.6 Å². The number of carbonyl (C=O) groups excluding carboxylic acids is 1. The molecule has 1 unspecified atom stereocenters. The van der Waals surface area contributed by atoms with Crippen molar-refractivity contribution in [2.45, 2.75) is 12.5 Å². The van der Waals surface area contributed by atoms with Gasteiger partial charge in [-0.05, 0) is 35.4 Å². The zero-order chi connectivity index (χ0) is 23.4. The van der Waals surface area contributed by atoms with E-state index in [9.17, 15) is 13.2 Å². The number of nitrogens with one attached hydrogen (secondary N) is 1. The van der Waals surface area contributed by atoms with Crippen molar-refractivity contribution in [3.05, 3.63) is 59.7 Å². The molecule has 0 aromatic heterocycles. The van der Waals surface area contributed by atoms with Crippen LogP contribution in [0.2, 0.25) is 0 Å². The maximum Gasteiger partial charge on any atom is 0.257 e. The summed E-state index contributed by atoms with van der Waals surface area (Å²) in [5.74, 6) is 0.654. The summed E-state index contributed by atoms with van der Waals surface area (Å²) in [5, 5.41) is 6.25. The molecule has 10 heteroatoms. The molecule has 0 aliphatic carbocycles. The predicted molar refractivity (Wildman–Crippen MR) is 126 cm³/mol. The molecule has 0 saturated carbocycles. The molecule has 1 saturated heterocycles. The lowest BCUT2D eigenvalue weighted by Gasteiger charge is -2.29. The van der Waals surface area contributed by atoms with Gasteiger partial charge >= 0.3 is 0 Å². The molecule has 0 spiro atoms. The molecule has 2 heterocycles. The maximum absolute atomic E-state index is 13.3. The minimum Gasteiger partial charge on any atom is -0.497 e. The van der Waals surface area contributed by atoms with E-state index in [-0.39, 0.29) is 18.5 Å². The number of anilines is 1. The van der Waals surface area contributed by atoms with Crippen molar-refractivity contribution in [1.29, 1.82) is 0 Å². The van der Waals surface area contributed by atoms with Crippen LogP contribution in [-0.2, 0) is 19.6 Å². The highest BCUT2D eigenvalue weighted by molar-refractivity contribution is 7.92. The third kappa shape index (κ3) is 5.89. The Morgan fingerprint density at radius 2 is 1.91 bits per heavy atom. The normalized spacial score (nSPS) is 19.3. The standard InChI is InChI=1S/C23H28N4O5S/c1-31-20-8-6-17(7-9-20)22-15-21(18-4-3-5-19(14-18)25-33(2,29)30)24-27(22)23(28)16-26-10-12-32-13-11-26/h3-9,14,22,25H,10-13,15-16H2,1-2H3. The number of hydrazone groups is 1. The summed E-state index contributed by atoms with van der Waals surface area (Å²) in [6, 6.07) is 14.4. The monoisotopic (exact) mass is 472 g/mol. The Morgan fingerprint density at radius 1 is 1.18 bits per heavy atom. The van der Waals surface area contributed by atoms with Crippen LogP contribution in [0.3, 0.4) is 0 Å². The van der Waals surface area contributed by atoms with Crippen LogP contribution in [0.1, 0.15) is 23.6 Å². The van der Waals surface area contributed by atoms with Crippen LogP contribution >= 0.6 is 0 Å². The summed E-state index contributed by atoms with van der Waals surface area (Å²) < 4.78 is 36.4.